The van der Waals surface area contributed by atoms with Crippen molar-refractivity contribution in [2.45, 2.75) is 16.9 Å². The molecular weight excluding hydrogens is 198 g/mol. The van der Waals surface area contributed by atoms with Gasteiger partial charge in [-0.3, -0.25) is 0 Å². The van der Waals surface area contributed by atoms with Crippen LogP contribution in [0, 0.1) is 0 Å². The molecule has 0 aromatic heterocycles. The molecule has 4 heteroatoms. The molecule has 1 aromatic rings. The van der Waals surface area contributed by atoms with E-state index in [4.69, 9.17) is 15.2 Å². The van der Waals surface area contributed by atoms with Crippen LogP contribution in [0.15, 0.2) is 29.2 Å². The number of ether oxygens (including phenoxy) is 2. The summed E-state index contributed by atoms with van der Waals surface area (Å²) in [6.45, 7) is 3.26. The van der Waals surface area contributed by atoms with Gasteiger partial charge in [0.15, 0.2) is 0 Å². The number of hydrogen-bond donors (Lipinski definition) is 1. The maximum absolute atomic E-state index is 5.60. The second-order valence-corrected chi connectivity index (χ2v) is 4.65. The SMILES string of the molecule is CC1(Sc2ccc(N)cc2)OCCO1. The normalized spacial score (nSPS) is 19.8. The Morgan fingerprint density at radius 2 is 1.79 bits per heavy atom. The standard InChI is InChI=1S/C10H13NO2S/c1-10(12-6-7-13-10)14-9-4-2-8(11)3-5-9/h2-5H,6-7,11H2,1H3. The molecule has 3 nitrogen and oxygen atoms in total. The quantitative estimate of drug-likeness (QED) is 0.761. The summed E-state index contributed by atoms with van der Waals surface area (Å²) in [4.78, 5) is 1.10. The van der Waals surface area contributed by atoms with Gasteiger partial charge in [-0.15, -0.1) is 0 Å². The van der Waals surface area contributed by atoms with Crippen molar-refractivity contribution >= 4 is 17.4 Å². The predicted molar refractivity (Wildman–Crippen MR) is 57.0 cm³/mol. The van der Waals surface area contributed by atoms with Crippen LogP contribution < -0.4 is 5.73 Å². The Morgan fingerprint density at radius 3 is 2.36 bits per heavy atom. The highest BCUT2D eigenvalue weighted by Crippen LogP contribution is 2.37. The molecule has 0 spiro atoms. The number of hydrogen-bond acceptors (Lipinski definition) is 4. The van der Waals surface area contributed by atoms with E-state index in [0.717, 1.165) is 10.6 Å². The average Bonchev–Trinajstić information content (AvgIpc) is 2.57. The van der Waals surface area contributed by atoms with Gasteiger partial charge < -0.3 is 15.2 Å². The predicted octanol–water partition coefficient (Wildman–Crippen LogP) is 2.08. The molecule has 1 aliphatic rings. The van der Waals surface area contributed by atoms with Crippen molar-refractivity contribution in [2.75, 3.05) is 18.9 Å². The van der Waals surface area contributed by atoms with E-state index in [0.29, 0.717) is 13.2 Å². The lowest BCUT2D eigenvalue weighted by Crippen LogP contribution is -2.19. The van der Waals surface area contributed by atoms with Gasteiger partial charge in [0.1, 0.15) is 0 Å². The van der Waals surface area contributed by atoms with Gasteiger partial charge >= 0.3 is 0 Å². The highest BCUT2D eigenvalue weighted by atomic mass is 32.2. The molecule has 1 saturated heterocycles. The summed E-state index contributed by atoms with van der Waals surface area (Å²) >= 11 is 1.56. The largest absolute Gasteiger partial charge is 0.399 e. The third-order valence-corrected chi connectivity index (χ3v) is 3.11. The zero-order chi connectivity index (χ0) is 10.0. The van der Waals surface area contributed by atoms with Gasteiger partial charge in [0.25, 0.3) is 0 Å². The van der Waals surface area contributed by atoms with Crippen LogP contribution in [0.2, 0.25) is 0 Å². The third kappa shape index (κ3) is 2.20. The summed E-state index contributed by atoms with van der Waals surface area (Å²) in [5, 5.41) is -0.532. The van der Waals surface area contributed by atoms with E-state index >= 15 is 0 Å². The van der Waals surface area contributed by atoms with E-state index < -0.39 is 5.12 Å². The summed E-state index contributed by atoms with van der Waals surface area (Å²) < 4.78 is 11.0. The zero-order valence-corrected chi connectivity index (χ0v) is 8.84. The monoisotopic (exact) mass is 211 g/mol. The van der Waals surface area contributed by atoms with Gasteiger partial charge in [-0.1, -0.05) is 11.8 Å². The molecule has 0 amide bonds. The van der Waals surface area contributed by atoms with Crippen molar-refractivity contribution in [1.29, 1.82) is 0 Å². The Hall–Kier alpha value is -0.710. The first-order valence-electron chi connectivity index (χ1n) is 4.50. The molecular formula is C10H13NO2S. The lowest BCUT2D eigenvalue weighted by molar-refractivity contribution is -0.0598. The number of anilines is 1. The van der Waals surface area contributed by atoms with E-state index in [2.05, 4.69) is 0 Å². The van der Waals surface area contributed by atoms with Crippen molar-refractivity contribution in [1.82, 2.24) is 0 Å². The molecule has 2 rings (SSSR count). The molecule has 1 heterocycles. The molecule has 0 aliphatic carbocycles. The molecule has 1 aromatic carbocycles. The van der Waals surface area contributed by atoms with Crippen molar-refractivity contribution in [3.05, 3.63) is 24.3 Å². The molecule has 1 fully saturated rings. The summed E-state index contributed by atoms with van der Waals surface area (Å²) in [6.07, 6.45) is 0. The van der Waals surface area contributed by atoms with Crippen molar-refractivity contribution in [3.63, 3.8) is 0 Å². The third-order valence-electron chi connectivity index (χ3n) is 2.00. The average molecular weight is 211 g/mol. The van der Waals surface area contributed by atoms with Crippen molar-refractivity contribution < 1.29 is 9.47 Å². The van der Waals surface area contributed by atoms with Crippen molar-refractivity contribution in [3.8, 4) is 0 Å². The van der Waals surface area contributed by atoms with Gasteiger partial charge in [0.05, 0.1) is 13.2 Å². The van der Waals surface area contributed by atoms with Crippen molar-refractivity contribution in [2.24, 2.45) is 0 Å². The summed E-state index contributed by atoms with van der Waals surface area (Å²) in [5.41, 5.74) is 6.37. The minimum absolute atomic E-state index is 0.532. The highest BCUT2D eigenvalue weighted by molar-refractivity contribution is 8.00. The number of rotatable bonds is 2. The smallest absolute Gasteiger partial charge is 0.219 e. The van der Waals surface area contributed by atoms with E-state index in [-0.39, 0.29) is 0 Å². The molecule has 0 bridgehead atoms. The lowest BCUT2D eigenvalue weighted by Gasteiger charge is -2.21. The number of benzene rings is 1. The van der Waals surface area contributed by atoms with Gasteiger partial charge in [0, 0.05) is 17.5 Å². The number of thioether (sulfide) groups is 1. The Kier molecular flexibility index (Phi) is 2.67. The molecule has 0 saturated carbocycles. The zero-order valence-electron chi connectivity index (χ0n) is 8.03. The van der Waals surface area contributed by atoms with E-state index in [9.17, 15) is 0 Å². The fraction of sp³-hybridized carbons (Fsp3) is 0.400. The molecule has 2 N–H and O–H groups in total. The lowest BCUT2D eigenvalue weighted by atomic mass is 10.3. The summed E-state index contributed by atoms with van der Waals surface area (Å²) in [7, 11) is 0. The topological polar surface area (TPSA) is 44.5 Å². The first-order chi connectivity index (χ1) is 6.68. The van der Waals surface area contributed by atoms with Crippen LogP contribution in [0.25, 0.3) is 0 Å². The van der Waals surface area contributed by atoms with Crippen LogP contribution in [0.4, 0.5) is 5.69 Å². The Bertz CT molecular complexity index is 306. The summed E-state index contributed by atoms with van der Waals surface area (Å²) in [5.74, 6) is 0. The number of nitrogens with two attached hydrogens (primary N) is 1. The summed E-state index contributed by atoms with van der Waals surface area (Å²) in [6, 6.07) is 7.69. The Morgan fingerprint density at radius 1 is 1.21 bits per heavy atom. The van der Waals surface area contributed by atoms with Gasteiger partial charge in [-0.25, -0.2) is 0 Å². The second kappa shape index (κ2) is 3.81. The second-order valence-electron chi connectivity index (χ2n) is 3.23. The molecule has 0 atom stereocenters. The van der Waals surface area contributed by atoms with Crippen LogP contribution >= 0.6 is 11.8 Å². The molecule has 0 unspecified atom stereocenters. The van der Waals surface area contributed by atoms with Crippen LogP contribution in [0.5, 0.6) is 0 Å². The number of nitrogen functional groups attached to an aromatic ring is 1. The van der Waals surface area contributed by atoms with Gasteiger partial charge in [-0.05, 0) is 24.3 Å². The molecule has 0 radical (unpaired) electrons. The van der Waals surface area contributed by atoms with E-state index in [1.54, 1.807) is 11.8 Å². The maximum Gasteiger partial charge on any atom is 0.219 e. The molecule has 14 heavy (non-hydrogen) atoms. The fourth-order valence-electron chi connectivity index (χ4n) is 1.30. The van der Waals surface area contributed by atoms with Crippen LogP contribution in [0.1, 0.15) is 6.92 Å². The molecule has 76 valence electrons. The minimum atomic E-state index is -0.532. The van der Waals surface area contributed by atoms with Gasteiger partial charge in [0.2, 0.25) is 5.12 Å². The maximum atomic E-state index is 5.60. The minimum Gasteiger partial charge on any atom is -0.399 e. The van der Waals surface area contributed by atoms with E-state index in [1.165, 1.54) is 0 Å². The Labute approximate surface area is 87.6 Å². The highest BCUT2D eigenvalue weighted by Gasteiger charge is 2.32. The molecule has 1 aliphatic heterocycles. The van der Waals surface area contributed by atoms with E-state index in [1.807, 2.05) is 31.2 Å². The van der Waals surface area contributed by atoms with Gasteiger partial charge in [-0.2, -0.15) is 0 Å². The fourth-order valence-corrected chi connectivity index (χ4v) is 2.29. The Balaban J connectivity index is 2.06. The van der Waals surface area contributed by atoms with Crippen LogP contribution in [-0.2, 0) is 9.47 Å². The first-order valence-corrected chi connectivity index (χ1v) is 5.32. The van der Waals surface area contributed by atoms with Crippen LogP contribution in [0.3, 0.4) is 0 Å². The van der Waals surface area contributed by atoms with Crippen LogP contribution in [-0.4, -0.2) is 18.3 Å². The first kappa shape index (κ1) is 9.83.